The molecule has 0 aliphatic rings. The zero-order chi connectivity index (χ0) is 14.1. The minimum atomic E-state index is 0.740. The van der Waals surface area contributed by atoms with Crippen molar-refractivity contribution in [1.29, 1.82) is 0 Å². The predicted octanol–water partition coefficient (Wildman–Crippen LogP) is 4.63. The first-order valence-corrected chi connectivity index (χ1v) is 7.10. The fourth-order valence-electron chi connectivity index (χ4n) is 2.18. The van der Waals surface area contributed by atoms with Gasteiger partial charge in [0.05, 0.1) is 11.4 Å². The third-order valence-electron chi connectivity index (χ3n) is 3.33. The van der Waals surface area contributed by atoms with E-state index in [2.05, 4.69) is 39.2 Å². The van der Waals surface area contributed by atoms with Crippen LogP contribution in [0.1, 0.15) is 5.56 Å². The Morgan fingerprint density at radius 2 is 1.95 bits per heavy atom. The van der Waals surface area contributed by atoms with Gasteiger partial charge in [0.2, 0.25) is 0 Å². The molecule has 1 aromatic heterocycles. The van der Waals surface area contributed by atoms with Crippen molar-refractivity contribution in [3.63, 3.8) is 0 Å². The molecule has 100 valence electrons. The third-order valence-corrected chi connectivity index (χ3v) is 3.82. The smallest absolute Gasteiger partial charge is 0.0634 e. The quantitative estimate of drug-likeness (QED) is 0.674. The maximum Gasteiger partial charge on any atom is 0.0634 e. The summed E-state index contributed by atoms with van der Waals surface area (Å²) in [5, 5.41) is 5.45. The number of nitrogens with two attached hydrogens (primary N) is 1. The van der Waals surface area contributed by atoms with Crippen LogP contribution in [0.25, 0.3) is 10.8 Å². The lowest BCUT2D eigenvalue weighted by Crippen LogP contribution is -1.98. The van der Waals surface area contributed by atoms with Gasteiger partial charge in [0.1, 0.15) is 0 Å². The van der Waals surface area contributed by atoms with E-state index in [0.29, 0.717) is 0 Å². The van der Waals surface area contributed by atoms with Crippen molar-refractivity contribution in [2.75, 3.05) is 11.1 Å². The summed E-state index contributed by atoms with van der Waals surface area (Å²) in [6.07, 6.45) is 3.58. The van der Waals surface area contributed by atoms with Crippen LogP contribution in [0, 0.1) is 6.92 Å². The van der Waals surface area contributed by atoms with Gasteiger partial charge in [-0.1, -0.05) is 28.1 Å². The van der Waals surface area contributed by atoms with Crippen LogP contribution >= 0.6 is 15.9 Å². The van der Waals surface area contributed by atoms with Gasteiger partial charge in [-0.2, -0.15) is 0 Å². The van der Waals surface area contributed by atoms with Crippen molar-refractivity contribution in [2.45, 2.75) is 6.92 Å². The fourth-order valence-corrected chi connectivity index (χ4v) is 2.54. The number of anilines is 3. The number of rotatable bonds is 2. The van der Waals surface area contributed by atoms with Crippen molar-refractivity contribution in [3.05, 3.63) is 58.8 Å². The highest BCUT2D eigenvalue weighted by Crippen LogP contribution is 2.32. The fraction of sp³-hybridized carbons (Fsp3) is 0.0625. The van der Waals surface area contributed by atoms with Crippen molar-refractivity contribution in [1.82, 2.24) is 4.98 Å². The molecule has 0 fully saturated rings. The van der Waals surface area contributed by atoms with Crippen molar-refractivity contribution in [3.8, 4) is 0 Å². The second-order valence-corrected chi connectivity index (χ2v) is 5.62. The number of aromatic nitrogens is 1. The molecule has 4 heteroatoms. The molecular weight excluding hydrogens is 314 g/mol. The Bertz CT molecular complexity index is 784. The third kappa shape index (κ3) is 2.34. The number of benzene rings is 2. The summed E-state index contributed by atoms with van der Waals surface area (Å²) in [7, 11) is 0. The average molecular weight is 328 g/mol. The number of hydrogen-bond acceptors (Lipinski definition) is 3. The number of aryl methyl sites for hydroxylation is 1. The maximum atomic E-state index is 6.25. The predicted molar refractivity (Wildman–Crippen MR) is 88.3 cm³/mol. The summed E-state index contributed by atoms with van der Waals surface area (Å²) in [5.41, 5.74) is 10.1. The van der Waals surface area contributed by atoms with Crippen LogP contribution in [0.15, 0.2) is 53.3 Å². The van der Waals surface area contributed by atoms with Crippen LogP contribution in [-0.4, -0.2) is 4.98 Å². The molecule has 3 N–H and O–H groups in total. The standard InChI is InChI=1S/C16H14BrN3/c1-10-2-4-12(17)8-15(10)20-14-5-3-11-9-19-7-6-13(11)16(14)18/h2-9,20H,18H2,1H3. The molecule has 0 amide bonds. The maximum absolute atomic E-state index is 6.25. The molecule has 0 radical (unpaired) electrons. The van der Waals surface area contributed by atoms with Crippen LogP contribution in [-0.2, 0) is 0 Å². The number of nitrogen functional groups attached to an aromatic ring is 1. The van der Waals surface area contributed by atoms with Crippen LogP contribution in [0.4, 0.5) is 17.1 Å². The number of pyridine rings is 1. The van der Waals surface area contributed by atoms with Crippen LogP contribution < -0.4 is 11.1 Å². The van der Waals surface area contributed by atoms with Gasteiger partial charge < -0.3 is 11.1 Å². The average Bonchev–Trinajstić information content (AvgIpc) is 2.46. The number of nitrogens with zero attached hydrogens (tertiary/aromatic N) is 1. The lowest BCUT2D eigenvalue weighted by atomic mass is 10.1. The normalized spacial score (nSPS) is 10.7. The molecule has 1 heterocycles. The van der Waals surface area contributed by atoms with Crippen LogP contribution in [0.3, 0.4) is 0 Å². The summed E-state index contributed by atoms with van der Waals surface area (Å²) in [6.45, 7) is 2.07. The number of nitrogens with one attached hydrogen (secondary N) is 1. The molecule has 2 aromatic carbocycles. The topological polar surface area (TPSA) is 50.9 Å². The summed E-state index contributed by atoms with van der Waals surface area (Å²) >= 11 is 3.49. The van der Waals surface area contributed by atoms with Gasteiger partial charge in [-0.3, -0.25) is 4.98 Å². The first-order chi connectivity index (χ1) is 9.65. The molecule has 0 atom stereocenters. The molecule has 0 spiro atoms. The van der Waals surface area contributed by atoms with E-state index in [0.717, 1.165) is 32.3 Å². The SMILES string of the molecule is Cc1ccc(Br)cc1Nc1ccc2cnccc2c1N. The van der Waals surface area contributed by atoms with E-state index < -0.39 is 0 Å². The summed E-state index contributed by atoms with van der Waals surface area (Å²) in [5.74, 6) is 0. The molecule has 3 nitrogen and oxygen atoms in total. The Hall–Kier alpha value is -2.07. The van der Waals surface area contributed by atoms with E-state index in [1.54, 1.807) is 6.20 Å². The highest BCUT2D eigenvalue weighted by atomic mass is 79.9. The molecule has 20 heavy (non-hydrogen) atoms. The molecule has 3 rings (SSSR count). The van der Waals surface area contributed by atoms with Gasteiger partial charge in [-0.25, -0.2) is 0 Å². The first-order valence-electron chi connectivity index (χ1n) is 6.30. The monoisotopic (exact) mass is 327 g/mol. The van der Waals surface area contributed by atoms with E-state index in [1.807, 2.05) is 36.5 Å². The molecule has 0 saturated heterocycles. The van der Waals surface area contributed by atoms with E-state index in [1.165, 1.54) is 5.56 Å². The van der Waals surface area contributed by atoms with Crippen molar-refractivity contribution in [2.24, 2.45) is 0 Å². The second kappa shape index (κ2) is 5.13. The van der Waals surface area contributed by atoms with Gasteiger partial charge in [-0.15, -0.1) is 0 Å². The zero-order valence-electron chi connectivity index (χ0n) is 11.0. The Morgan fingerprint density at radius 3 is 2.80 bits per heavy atom. The largest absolute Gasteiger partial charge is 0.397 e. The summed E-state index contributed by atoms with van der Waals surface area (Å²) < 4.78 is 1.04. The Labute approximate surface area is 126 Å². The zero-order valence-corrected chi connectivity index (χ0v) is 12.6. The van der Waals surface area contributed by atoms with E-state index >= 15 is 0 Å². The van der Waals surface area contributed by atoms with Gasteiger partial charge in [0, 0.05) is 33.3 Å². The molecule has 0 aliphatic carbocycles. The van der Waals surface area contributed by atoms with Crippen molar-refractivity contribution < 1.29 is 0 Å². The molecular formula is C16H14BrN3. The lowest BCUT2D eigenvalue weighted by molar-refractivity contribution is 1.36. The Balaban J connectivity index is 2.07. The first kappa shape index (κ1) is 12.9. The second-order valence-electron chi connectivity index (χ2n) is 4.71. The molecule has 0 saturated carbocycles. The van der Waals surface area contributed by atoms with Gasteiger partial charge in [-0.05, 0) is 36.8 Å². The highest BCUT2D eigenvalue weighted by Gasteiger charge is 2.06. The van der Waals surface area contributed by atoms with Gasteiger partial charge >= 0.3 is 0 Å². The molecule has 0 aliphatic heterocycles. The molecule has 3 aromatic rings. The van der Waals surface area contributed by atoms with Crippen molar-refractivity contribution >= 4 is 43.8 Å². The van der Waals surface area contributed by atoms with Crippen LogP contribution in [0.2, 0.25) is 0 Å². The lowest BCUT2D eigenvalue weighted by Gasteiger charge is -2.13. The van der Waals surface area contributed by atoms with E-state index in [9.17, 15) is 0 Å². The van der Waals surface area contributed by atoms with E-state index in [-0.39, 0.29) is 0 Å². The number of hydrogen-bond donors (Lipinski definition) is 2. The Morgan fingerprint density at radius 1 is 1.10 bits per heavy atom. The number of fused-ring (bicyclic) bond motifs is 1. The highest BCUT2D eigenvalue weighted by molar-refractivity contribution is 9.10. The van der Waals surface area contributed by atoms with Gasteiger partial charge in [0.15, 0.2) is 0 Å². The Kier molecular flexibility index (Phi) is 3.32. The number of halogens is 1. The minimum Gasteiger partial charge on any atom is -0.397 e. The summed E-state index contributed by atoms with van der Waals surface area (Å²) in [6, 6.07) is 12.1. The van der Waals surface area contributed by atoms with E-state index in [4.69, 9.17) is 5.73 Å². The van der Waals surface area contributed by atoms with Crippen LogP contribution in [0.5, 0.6) is 0 Å². The summed E-state index contributed by atoms with van der Waals surface area (Å²) in [4.78, 5) is 4.11. The molecule has 0 bridgehead atoms. The molecule has 0 unspecified atom stereocenters. The minimum absolute atomic E-state index is 0.740. The van der Waals surface area contributed by atoms with Gasteiger partial charge in [0.25, 0.3) is 0 Å².